The highest BCUT2D eigenvalue weighted by molar-refractivity contribution is 6.09. The second-order valence-corrected chi connectivity index (χ2v) is 5.46. The molecular formula is C15H19N3O2. The average Bonchev–Trinajstić information content (AvgIpc) is 2.47. The highest BCUT2D eigenvalue weighted by Crippen LogP contribution is 2.30. The summed E-state index contributed by atoms with van der Waals surface area (Å²) >= 11 is 0. The minimum Gasteiger partial charge on any atom is -0.323 e. The van der Waals surface area contributed by atoms with Crippen LogP contribution in [0.2, 0.25) is 0 Å². The number of rotatable bonds is 2. The van der Waals surface area contributed by atoms with Crippen molar-refractivity contribution in [1.29, 1.82) is 0 Å². The Balaban J connectivity index is 1.75. The van der Waals surface area contributed by atoms with Gasteiger partial charge in [-0.15, -0.1) is 0 Å². The maximum absolute atomic E-state index is 12.5. The van der Waals surface area contributed by atoms with E-state index in [1.165, 1.54) is 0 Å². The molecule has 3 rings (SSSR count). The number of carbonyl (C=O) groups is 2. The molecule has 2 N–H and O–H groups in total. The van der Waals surface area contributed by atoms with Crippen molar-refractivity contribution in [2.24, 2.45) is 5.92 Å². The molecule has 1 aromatic rings. The van der Waals surface area contributed by atoms with Gasteiger partial charge in [0.15, 0.2) is 0 Å². The normalized spacial score (nSPS) is 22.1. The zero-order chi connectivity index (χ0) is 13.9. The fourth-order valence-corrected chi connectivity index (χ4v) is 2.91. The first kappa shape index (κ1) is 13.1. The summed E-state index contributed by atoms with van der Waals surface area (Å²) < 4.78 is 0. The summed E-state index contributed by atoms with van der Waals surface area (Å²) in [6, 6.07) is 7.46. The maximum atomic E-state index is 12.5. The molecule has 5 heteroatoms. The summed E-state index contributed by atoms with van der Waals surface area (Å²) in [7, 11) is 0. The van der Waals surface area contributed by atoms with E-state index in [0.29, 0.717) is 12.3 Å². The van der Waals surface area contributed by atoms with Crippen LogP contribution in [0.3, 0.4) is 0 Å². The van der Waals surface area contributed by atoms with Gasteiger partial charge < -0.3 is 15.5 Å². The van der Waals surface area contributed by atoms with Gasteiger partial charge in [0.1, 0.15) is 6.54 Å². The first-order valence-electron chi connectivity index (χ1n) is 7.14. The molecule has 1 saturated heterocycles. The monoisotopic (exact) mass is 273 g/mol. The van der Waals surface area contributed by atoms with Gasteiger partial charge in [0.25, 0.3) is 0 Å². The van der Waals surface area contributed by atoms with Crippen LogP contribution in [0.15, 0.2) is 24.3 Å². The van der Waals surface area contributed by atoms with E-state index >= 15 is 0 Å². The van der Waals surface area contributed by atoms with Crippen molar-refractivity contribution < 1.29 is 9.59 Å². The smallest absolute Gasteiger partial charge is 0.244 e. The summed E-state index contributed by atoms with van der Waals surface area (Å²) in [6.45, 7) is 2.06. The van der Waals surface area contributed by atoms with Gasteiger partial charge in [0.05, 0.1) is 11.4 Å². The zero-order valence-electron chi connectivity index (χ0n) is 11.4. The standard InChI is InChI=1S/C15H19N3O2/c19-14-10-18(13-6-2-1-5-12(13)17-14)15(20)8-11-4-3-7-16-9-11/h1-2,5-6,11,16H,3-4,7-10H2,(H,17,19). The second-order valence-electron chi connectivity index (χ2n) is 5.46. The number of nitrogens with zero attached hydrogens (tertiary/aromatic N) is 1. The molecule has 0 saturated carbocycles. The molecule has 2 aliphatic rings. The van der Waals surface area contributed by atoms with Gasteiger partial charge in [-0.05, 0) is 44.0 Å². The molecule has 0 bridgehead atoms. The van der Waals surface area contributed by atoms with Gasteiger partial charge in [-0.3, -0.25) is 9.59 Å². The number of anilines is 2. The lowest BCUT2D eigenvalue weighted by Crippen LogP contribution is -2.43. The van der Waals surface area contributed by atoms with Gasteiger partial charge >= 0.3 is 0 Å². The number of para-hydroxylation sites is 2. The predicted octanol–water partition coefficient (Wildman–Crippen LogP) is 1.36. The highest BCUT2D eigenvalue weighted by atomic mass is 16.2. The Hall–Kier alpha value is -1.88. The summed E-state index contributed by atoms with van der Waals surface area (Å²) in [5.74, 6) is 0.299. The summed E-state index contributed by atoms with van der Waals surface area (Å²) in [4.78, 5) is 25.8. The minimum atomic E-state index is -0.126. The largest absolute Gasteiger partial charge is 0.323 e. The Morgan fingerprint density at radius 2 is 2.20 bits per heavy atom. The fourth-order valence-electron chi connectivity index (χ4n) is 2.91. The molecule has 1 fully saturated rings. The van der Waals surface area contributed by atoms with Crippen molar-refractivity contribution in [3.8, 4) is 0 Å². The lowest BCUT2D eigenvalue weighted by atomic mass is 9.95. The van der Waals surface area contributed by atoms with Crippen LogP contribution in [-0.2, 0) is 9.59 Å². The van der Waals surface area contributed by atoms with E-state index in [0.717, 1.165) is 37.3 Å². The molecule has 0 radical (unpaired) electrons. The Bertz CT molecular complexity index is 524. The Labute approximate surface area is 118 Å². The van der Waals surface area contributed by atoms with E-state index in [9.17, 15) is 9.59 Å². The van der Waals surface area contributed by atoms with Crippen LogP contribution < -0.4 is 15.5 Å². The van der Waals surface area contributed by atoms with Crippen LogP contribution in [0.25, 0.3) is 0 Å². The van der Waals surface area contributed by atoms with E-state index in [1.807, 2.05) is 24.3 Å². The number of nitrogens with one attached hydrogen (secondary N) is 2. The molecule has 106 valence electrons. The van der Waals surface area contributed by atoms with Crippen molar-refractivity contribution in [1.82, 2.24) is 5.32 Å². The average molecular weight is 273 g/mol. The number of carbonyl (C=O) groups excluding carboxylic acids is 2. The number of benzene rings is 1. The van der Waals surface area contributed by atoms with Crippen molar-refractivity contribution >= 4 is 23.2 Å². The van der Waals surface area contributed by atoms with E-state index in [2.05, 4.69) is 10.6 Å². The molecule has 0 aromatic heterocycles. The molecule has 1 aromatic carbocycles. The van der Waals surface area contributed by atoms with Gasteiger partial charge in [-0.1, -0.05) is 12.1 Å². The predicted molar refractivity (Wildman–Crippen MR) is 77.6 cm³/mol. The highest BCUT2D eigenvalue weighted by Gasteiger charge is 2.28. The Kier molecular flexibility index (Phi) is 3.69. The van der Waals surface area contributed by atoms with Crippen molar-refractivity contribution in [2.45, 2.75) is 19.3 Å². The number of fused-ring (bicyclic) bond motifs is 1. The molecule has 1 unspecified atom stereocenters. The van der Waals surface area contributed by atoms with Crippen LogP contribution in [0.4, 0.5) is 11.4 Å². The summed E-state index contributed by atoms with van der Waals surface area (Å²) in [5.41, 5.74) is 1.53. The van der Waals surface area contributed by atoms with E-state index in [-0.39, 0.29) is 18.4 Å². The van der Waals surface area contributed by atoms with E-state index in [4.69, 9.17) is 0 Å². The van der Waals surface area contributed by atoms with Crippen molar-refractivity contribution in [3.63, 3.8) is 0 Å². The molecule has 2 amide bonds. The third-order valence-electron chi connectivity index (χ3n) is 3.93. The van der Waals surface area contributed by atoms with E-state index < -0.39 is 0 Å². The molecule has 2 heterocycles. The molecule has 0 aliphatic carbocycles. The van der Waals surface area contributed by atoms with Crippen LogP contribution >= 0.6 is 0 Å². The molecule has 0 spiro atoms. The summed E-state index contributed by atoms with van der Waals surface area (Å²) in [6.07, 6.45) is 2.71. The van der Waals surface area contributed by atoms with Crippen LogP contribution in [0.5, 0.6) is 0 Å². The van der Waals surface area contributed by atoms with Gasteiger partial charge in [-0.2, -0.15) is 0 Å². The molecule has 2 aliphatic heterocycles. The molecule has 1 atom stereocenters. The van der Waals surface area contributed by atoms with Crippen LogP contribution in [-0.4, -0.2) is 31.4 Å². The Morgan fingerprint density at radius 3 is 3.00 bits per heavy atom. The van der Waals surface area contributed by atoms with Crippen LogP contribution in [0, 0.1) is 5.92 Å². The minimum absolute atomic E-state index is 0.0426. The first-order chi connectivity index (χ1) is 9.74. The zero-order valence-corrected chi connectivity index (χ0v) is 11.4. The molecule has 5 nitrogen and oxygen atoms in total. The topological polar surface area (TPSA) is 61.4 Å². The van der Waals surface area contributed by atoms with Gasteiger partial charge in [0.2, 0.25) is 11.8 Å². The van der Waals surface area contributed by atoms with Crippen molar-refractivity contribution in [2.75, 3.05) is 29.9 Å². The number of piperidine rings is 1. The Morgan fingerprint density at radius 1 is 1.35 bits per heavy atom. The number of hydrogen-bond acceptors (Lipinski definition) is 3. The maximum Gasteiger partial charge on any atom is 0.244 e. The summed E-state index contributed by atoms with van der Waals surface area (Å²) in [5, 5.41) is 6.12. The fraction of sp³-hybridized carbons (Fsp3) is 0.467. The lowest BCUT2D eigenvalue weighted by Gasteiger charge is -2.31. The molecule has 20 heavy (non-hydrogen) atoms. The van der Waals surface area contributed by atoms with Gasteiger partial charge in [0, 0.05) is 6.42 Å². The second kappa shape index (κ2) is 5.63. The van der Waals surface area contributed by atoms with Gasteiger partial charge in [-0.25, -0.2) is 0 Å². The third-order valence-corrected chi connectivity index (χ3v) is 3.93. The van der Waals surface area contributed by atoms with E-state index in [1.54, 1.807) is 4.90 Å². The molecular weight excluding hydrogens is 254 g/mol. The SMILES string of the molecule is O=C1CN(C(=O)CC2CCCNC2)c2ccccc2N1. The quantitative estimate of drug-likeness (QED) is 0.855. The number of amides is 2. The lowest BCUT2D eigenvalue weighted by molar-refractivity contribution is -0.122. The van der Waals surface area contributed by atoms with Crippen molar-refractivity contribution in [3.05, 3.63) is 24.3 Å². The first-order valence-corrected chi connectivity index (χ1v) is 7.14. The number of hydrogen-bond donors (Lipinski definition) is 2. The van der Waals surface area contributed by atoms with Crippen LogP contribution in [0.1, 0.15) is 19.3 Å². The third kappa shape index (κ3) is 2.67.